The molecule has 110 valence electrons. The molecule has 0 amide bonds. The van der Waals surface area contributed by atoms with Gasteiger partial charge in [-0.25, -0.2) is 0 Å². The average Bonchev–Trinajstić information content (AvgIpc) is 3.21. The molecule has 0 spiro atoms. The molecular weight excluding hydrogens is 304 g/mol. The molecule has 7 heteroatoms. The normalized spacial score (nSPS) is 19.5. The quantitative estimate of drug-likeness (QED) is 0.792. The van der Waals surface area contributed by atoms with Crippen LogP contribution in [0.15, 0.2) is 22.7 Å². The van der Waals surface area contributed by atoms with Crippen molar-refractivity contribution in [3.8, 4) is 16.8 Å². The first-order valence-electron chi connectivity index (χ1n) is 6.93. The minimum Gasteiger partial charge on any atom is -0.376 e. The van der Waals surface area contributed by atoms with E-state index < -0.39 is 0 Å². The third-order valence-electron chi connectivity index (χ3n) is 3.33. The van der Waals surface area contributed by atoms with Gasteiger partial charge in [-0.1, -0.05) is 17.8 Å². The summed E-state index contributed by atoms with van der Waals surface area (Å²) < 4.78 is 7.84. The molecule has 0 saturated carbocycles. The zero-order chi connectivity index (χ0) is 14.7. The van der Waals surface area contributed by atoms with E-state index in [1.54, 1.807) is 11.3 Å². The predicted molar refractivity (Wildman–Crippen MR) is 83.2 cm³/mol. The first-order chi connectivity index (χ1) is 10.3. The molecule has 1 aliphatic rings. The van der Waals surface area contributed by atoms with Crippen molar-refractivity contribution in [2.75, 3.05) is 6.61 Å². The summed E-state index contributed by atoms with van der Waals surface area (Å²) >= 11 is 3.10. The molecule has 1 fully saturated rings. The fourth-order valence-electron chi connectivity index (χ4n) is 2.30. The van der Waals surface area contributed by atoms with Crippen molar-refractivity contribution in [1.82, 2.24) is 14.8 Å². The highest BCUT2D eigenvalue weighted by atomic mass is 32.2. The number of hydrogen-bond donors (Lipinski definition) is 0. The van der Waals surface area contributed by atoms with Gasteiger partial charge in [-0.2, -0.15) is 5.26 Å². The Morgan fingerprint density at radius 1 is 1.62 bits per heavy atom. The van der Waals surface area contributed by atoms with Gasteiger partial charge in [-0.15, -0.1) is 21.5 Å². The van der Waals surface area contributed by atoms with Crippen LogP contribution < -0.4 is 0 Å². The Morgan fingerprint density at radius 2 is 2.52 bits per heavy atom. The first-order valence-corrected chi connectivity index (χ1v) is 8.69. The maximum atomic E-state index is 9.01. The maximum Gasteiger partial charge on any atom is 0.192 e. The Bertz CT molecular complexity index is 626. The number of thiophene rings is 1. The molecule has 0 bridgehead atoms. The Hall–Kier alpha value is -1.36. The van der Waals surface area contributed by atoms with Crippen LogP contribution in [0.2, 0.25) is 0 Å². The molecule has 2 atom stereocenters. The van der Waals surface area contributed by atoms with Crippen molar-refractivity contribution in [3.63, 3.8) is 0 Å². The van der Waals surface area contributed by atoms with Crippen molar-refractivity contribution in [3.05, 3.63) is 17.5 Å². The standard InChI is InChI=1S/C14H16N4OS2/c1-10(8-15)21-14-17-16-13(12-5-3-7-20-12)18(14)9-11-4-2-6-19-11/h3,5,7,10-11H,2,4,6,9H2,1H3. The van der Waals surface area contributed by atoms with Crippen LogP contribution in [-0.4, -0.2) is 32.7 Å². The number of nitrogens with zero attached hydrogens (tertiary/aromatic N) is 4. The van der Waals surface area contributed by atoms with E-state index in [9.17, 15) is 0 Å². The molecule has 0 aromatic carbocycles. The van der Waals surface area contributed by atoms with Crippen LogP contribution in [0, 0.1) is 11.3 Å². The van der Waals surface area contributed by atoms with Gasteiger partial charge in [-0.05, 0) is 31.2 Å². The second-order valence-corrected chi connectivity index (χ2v) is 7.17. The lowest BCUT2D eigenvalue weighted by Gasteiger charge is -2.14. The summed E-state index contributed by atoms with van der Waals surface area (Å²) in [6.07, 6.45) is 2.40. The molecule has 1 aliphatic heterocycles. The Morgan fingerprint density at radius 3 is 3.19 bits per heavy atom. The van der Waals surface area contributed by atoms with E-state index in [0.717, 1.165) is 41.9 Å². The van der Waals surface area contributed by atoms with E-state index in [1.807, 2.05) is 24.4 Å². The SMILES string of the molecule is CC(C#N)Sc1nnc(-c2cccs2)n1CC1CCCO1. The van der Waals surface area contributed by atoms with E-state index in [1.165, 1.54) is 11.8 Å². The molecule has 3 heterocycles. The van der Waals surface area contributed by atoms with Gasteiger partial charge in [0.05, 0.1) is 28.8 Å². The van der Waals surface area contributed by atoms with Gasteiger partial charge in [0, 0.05) is 6.61 Å². The Balaban J connectivity index is 1.91. The first kappa shape index (κ1) is 14.6. The molecule has 3 rings (SSSR count). The summed E-state index contributed by atoms with van der Waals surface area (Å²) in [6, 6.07) is 6.29. The highest BCUT2D eigenvalue weighted by Gasteiger charge is 2.23. The molecule has 0 aliphatic carbocycles. The molecule has 21 heavy (non-hydrogen) atoms. The van der Waals surface area contributed by atoms with Gasteiger partial charge in [0.25, 0.3) is 0 Å². The van der Waals surface area contributed by atoms with Crippen LogP contribution in [0.1, 0.15) is 19.8 Å². The smallest absolute Gasteiger partial charge is 0.192 e. The average molecular weight is 320 g/mol. The summed E-state index contributed by atoms with van der Waals surface area (Å²) in [5.74, 6) is 0.869. The van der Waals surface area contributed by atoms with Crippen LogP contribution in [0.3, 0.4) is 0 Å². The van der Waals surface area contributed by atoms with Crippen LogP contribution in [0.25, 0.3) is 10.7 Å². The lowest BCUT2D eigenvalue weighted by atomic mass is 10.2. The van der Waals surface area contributed by atoms with Crippen LogP contribution in [0.4, 0.5) is 0 Å². The van der Waals surface area contributed by atoms with Crippen LogP contribution in [-0.2, 0) is 11.3 Å². The van der Waals surface area contributed by atoms with Crippen molar-refractivity contribution in [2.24, 2.45) is 0 Å². The third-order valence-corrected chi connectivity index (χ3v) is 5.17. The summed E-state index contributed by atoms with van der Waals surface area (Å²) in [5.41, 5.74) is 0. The van der Waals surface area contributed by atoms with E-state index >= 15 is 0 Å². The zero-order valence-electron chi connectivity index (χ0n) is 11.7. The van der Waals surface area contributed by atoms with E-state index in [-0.39, 0.29) is 11.4 Å². The Labute approximate surface area is 131 Å². The second kappa shape index (κ2) is 6.60. The number of thioether (sulfide) groups is 1. The molecule has 1 saturated heterocycles. The number of ether oxygens (including phenoxy) is 1. The minimum atomic E-state index is -0.145. The topological polar surface area (TPSA) is 63.7 Å². The summed E-state index contributed by atoms with van der Waals surface area (Å²) in [4.78, 5) is 1.09. The summed E-state index contributed by atoms with van der Waals surface area (Å²) in [7, 11) is 0. The van der Waals surface area contributed by atoms with Gasteiger partial charge in [0.15, 0.2) is 11.0 Å². The van der Waals surface area contributed by atoms with Gasteiger partial charge in [0.2, 0.25) is 0 Å². The molecule has 0 N–H and O–H groups in total. The van der Waals surface area contributed by atoms with Gasteiger partial charge >= 0.3 is 0 Å². The third kappa shape index (κ3) is 3.28. The fraction of sp³-hybridized carbons (Fsp3) is 0.500. The molecular formula is C14H16N4OS2. The van der Waals surface area contributed by atoms with Crippen molar-refractivity contribution < 1.29 is 4.74 Å². The number of nitriles is 1. The summed E-state index contributed by atoms with van der Waals surface area (Å²) in [5, 5.41) is 20.3. The van der Waals surface area contributed by atoms with E-state index in [2.05, 4.69) is 20.8 Å². The Kier molecular flexibility index (Phi) is 4.58. The van der Waals surface area contributed by atoms with Crippen LogP contribution >= 0.6 is 23.1 Å². The highest BCUT2D eigenvalue weighted by Crippen LogP contribution is 2.30. The molecule has 2 aromatic rings. The van der Waals surface area contributed by atoms with Crippen molar-refractivity contribution in [1.29, 1.82) is 5.26 Å². The summed E-state index contributed by atoms with van der Waals surface area (Å²) in [6.45, 7) is 3.46. The number of hydrogen-bond acceptors (Lipinski definition) is 6. The molecule has 2 aromatic heterocycles. The van der Waals surface area contributed by atoms with Crippen molar-refractivity contribution >= 4 is 23.1 Å². The van der Waals surface area contributed by atoms with E-state index in [4.69, 9.17) is 10.00 Å². The van der Waals surface area contributed by atoms with Gasteiger partial charge in [-0.3, -0.25) is 4.57 Å². The largest absolute Gasteiger partial charge is 0.376 e. The monoisotopic (exact) mass is 320 g/mol. The molecule has 2 unspecified atom stereocenters. The van der Waals surface area contributed by atoms with Gasteiger partial charge < -0.3 is 4.74 Å². The van der Waals surface area contributed by atoms with Gasteiger partial charge in [0.1, 0.15) is 0 Å². The minimum absolute atomic E-state index is 0.145. The molecule has 5 nitrogen and oxygen atoms in total. The highest BCUT2D eigenvalue weighted by molar-refractivity contribution is 8.00. The van der Waals surface area contributed by atoms with Crippen LogP contribution in [0.5, 0.6) is 0 Å². The van der Waals surface area contributed by atoms with Crippen molar-refractivity contribution in [2.45, 2.75) is 42.8 Å². The number of rotatable bonds is 5. The van der Waals surface area contributed by atoms with E-state index in [0.29, 0.717) is 0 Å². The zero-order valence-corrected chi connectivity index (χ0v) is 13.4. The maximum absolute atomic E-state index is 9.01. The second-order valence-electron chi connectivity index (χ2n) is 4.92. The number of aromatic nitrogens is 3. The lowest BCUT2D eigenvalue weighted by Crippen LogP contribution is -2.17. The molecule has 0 radical (unpaired) electrons. The predicted octanol–water partition coefficient (Wildman–Crippen LogP) is 3.19. The fourth-order valence-corrected chi connectivity index (χ4v) is 3.77. The lowest BCUT2D eigenvalue weighted by molar-refractivity contribution is 0.0953.